The van der Waals surface area contributed by atoms with E-state index in [1.165, 1.54) is 30.4 Å². The molecule has 1 aromatic carbocycles. The first-order valence-electron chi connectivity index (χ1n) is 6.65. The van der Waals surface area contributed by atoms with Crippen LogP contribution in [0.25, 0.3) is 0 Å². The SMILES string of the molecule is CC#CCCNC1CCCc2ccc(OC)cc21. The molecule has 2 nitrogen and oxygen atoms in total. The fourth-order valence-corrected chi connectivity index (χ4v) is 2.55. The number of benzene rings is 1. The standard InChI is InChI=1S/C16H21NO/c1-3-4-5-11-17-16-8-6-7-13-9-10-14(18-2)12-15(13)16/h9-10,12,16-17H,5-8,11H2,1-2H3. The van der Waals surface area contributed by atoms with Crippen molar-refractivity contribution in [1.29, 1.82) is 0 Å². The number of methoxy groups -OCH3 is 1. The summed E-state index contributed by atoms with van der Waals surface area (Å²) in [5.41, 5.74) is 2.87. The van der Waals surface area contributed by atoms with Gasteiger partial charge < -0.3 is 10.1 Å². The summed E-state index contributed by atoms with van der Waals surface area (Å²) in [4.78, 5) is 0. The van der Waals surface area contributed by atoms with Crippen LogP contribution in [-0.4, -0.2) is 13.7 Å². The summed E-state index contributed by atoms with van der Waals surface area (Å²) in [5, 5.41) is 3.61. The first-order chi connectivity index (χ1) is 8.85. The van der Waals surface area contributed by atoms with Crippen LogP contribution in [0.2, 0.25) is 0 Å². The van der Waals surface area contributed by atoms with E-state index in [2.05, 4.69) is 35.4 Å². The monoisotopic (exact) mass is 243 g/mol. The Balaban J connectivity index is 2.07. The molecule has 1 N–H and O–H groups in total. The number of rotatable bonds is 4. The molecule has 1 aromatic rings. The maximum Gasteiger partial charge on any atom is 0.119 e. The highest BCUT2D eigenvalue weighted by Crippen LogP contribution is 2.32. The van der Waals surface area contributed by atoms with Gasteiger partial charge in [-0.25, -0.2) is 0 Å². The van der Waals surface area contributed by atoms with Crippen molar-refractivity contribution in [2.75, 3.05) is 13.7 Å². The van der Waals surface area contributed by atoms with E-state index in [1.54, 1.807) is 7.11 Å². The lowest BCUT2D eigenvalue weighted by Gasteiger charge is -2.26. The van der Waals surface area contributed by atoms with E-state index in [4.69, 9.17) is 4.74 Å². The lowest BCUT2D eigenvalue weighted by atomic mass is 9.87. The minimum atomic E-state index is 0.461. The number of fused-ring (bicyclic) bond motifs is 1. The minimum Gasteiger partial charge on any atom is -0.497 e. The molecular formula is C16H21NO. The van der Waals surface area contributed by atoms with Gasteiger partial charge in [0.15, 0.2) is 0 Å². The van der Waals surface area contributed by atoms with Crippen LogP contribution < -0.4 is 10.1 Å². The Morgan fingerprint density at radius 1 is 1.44 bits per heavy atom. The van der Waals surface area contributed by atoms with Gasteiger partial charge in [-0.05, 0) is 49.4 Å². The molecule has 1 aliphatic rings. The molecule has 2 rings (SSSR count). The largest absolute Gasteiger partial charge is 0.497 e. The van der Waals surface area contributed by atoms with Crippen molar-refractivity contribution in [3.8, 4) is 17.6 Å². The van der Waals surface area contributed by atoms with Crippen LogP contribution in [0.3, 0.4) is 0 Å². The Morgan fingerprint density at radius 3 is 3.11 bits per heavy atom. The van der Waals surface area contributed by atoms with Crippen LogP contribution in [0, 0.1) is 11.8 Å². The first kappa shape index (κ1) is 13.0. The van der Waals surface area contributed by atoms with E-state index in [1.807, 2.05) is 6.92 Å². The van der Waals surface area contributed by atoms with Crippen LogP contribution in [-0.2, 0) is 6.42 Å². The van der Waals surface area contributed by atoms with Crippen molar-refractivity contribution in [2.45, 2.75) is 38.6 Å². The van der Waals surface area contributed by atoms with Gasteiger partial charge in [-0.3, -0.25) is 0 Å². The summed E-state index contributed by atoms with van der Waals surface area (Å²) >= 11 is 0. The molecule has 0 spiro atoms. The second-order valence-corrected chi connectivity index (χ2v) is 4.64. The molecule has 0 aliphatic heterocycles. The van der Waals surface area contributed by atoms with E-state index in [0.29, 0.717) is 6.04 Å². The summed E-state index contributed by atoms with van der Waals surface area (Å²) in [6, 6.07) is 6.90. The van der Waals surface area contributed by atoms with Crippen LogP contribution >= 0.6 is 0 Å². The van der Waals surface area contributed by atoms with E-state index in [0.717, 1.165) is 18.7 Å². The maximum atomic E-state index is 5.32. The van der Waals surface area contributed by atoms with Gasteiger partial charge in [0.2, 0.25) is 0 Å². The van der Waals surface area contributed by atoms with E-state index in [9.17, 15) is 0 Å². The number of nitrogens with one attached hydrogen (secondary N) is 1. The molecule has 18 heavy (non-hydrogen) atoms. The van der Waals surface area contributed by atoms with Crippen molar-refractivity contribution < 1.29 is 4.74 Å². The summed E-state index contributed by atoms with van der Waals surface area (Å²) < 4.78 is 5.32. The normalized spacial score (nSPS) is 17.6. The molecule has 1 unspecified atom stereocenters. The highest BCUT2D eigenvalue weighted by atomic mass is 16.5. The molecule has 0 heterocycles. The molecule has 1 atom stereocenters. The second-order valence-electron chi connectivity index (χ2n) is 4.64. The molecule has 0 fully saturated rings. The number of aryl methyl sites for hydroxylation is 1. The molecule has 0 saturated heterocycles. The Bertz CT molecular complexity index is 456. The fourth-order valence-electron chi connectivity index (χ4n) is 2.55. The van der Waals surface area contributed by atoms with E-state index >= 15 is 0 Å². The van der Waals surface area contributed by atoms with Crippen LogP contribution in [0.1, 0.15) is 43.4 Å². The molecule has 0 saturated carbocycles. The highest BCUT2D eigenvalue weighted by molar-refractivity contribution is 5.39. The van der Waals surface area contributed by atoms with E-state index < -0.39 is 0 Å². The summed E-state index contributed by atoms with van der Waals surface area (Å²) in [6.07, 6.45) is 4.58. The molecule has 96 valence electrons. The number of ether oxygens (including phenoxy) is 1. The molecule has 0 aromatic heterocycles. The van der Waals surface area contributed by atoms with Crippen molar-refractivity contribution >= 4 is 0 Å². The van der Waals surface area contributed by atoms with Crippen LogP contribution in [0.4, 0.5) is 0 Å². The Labute approximate surface area is 110 Å². The zero-order valence-electron chi connectivity index (χ0n) is 11.3. The maximum absolute atomic E-state index is 5.32. The molecule has 2 heteroatoms. The van der Waals surface area contributed by atoms with Crippen LogP contribution in [0.15, 0.2) is 18.2 Å². The summed E-state index contributed by atoms with van der Waals surface area (Å²) in [5.74, 6) is 6.98. The number of hydrogen-bond donors (Lipinski definition) is 1. The van der Waals surface area contributed by atoms with Gasteiger partial charge in [0, 0.05) is 19.0 Å². The quantitative estimate of drug-likeness (QED) is 0.648. The van der Waals surface area contributed by atoms with Gasteiger partial charge >= 0.3 is 0 Å². The van der Waals surface area contributed by atoms with Gasteiger partial charge in [-0.2, -0.15) is 0 Å². The molecule has 1 aliphatic carbocycles. The van der Waals surface area contributed by atoms with E-state index in [-0.39, 0.29) is 0 Å². The summed E-state index contributed by atoms with van der Waals surface area (Å²) in [7, 11) is 1.73. The average Bonchev–Trinajstić information content (AvgIpc) is 2.43. The van der Waals surface area contributed by atoms with Crippen molar-refractivity contribution in [3.05, 3.63) is 29.3 Å². The van der Waals surface area contributed by atoms with Gasteiger partial charge in [0.05, 0.1) is 7.11 Å². The Kier molecular flexibility index (Phi) is 4.66. The predicted molar refractivity (Wildman–Crippen MR) is 74.7 cm³/mol. The van der Waals surface area contributed by atoms with Crippen molar-refractivity contribution in [1.82, 2.24) is 5.32 Å². The highest BCUT2D eigenvalue weighted by Gasteiger charge is 2.19. The molecule has 0 radical (unpaired) electrons. The topological polar surface area (TPSA) is 21.3 Å². The molecular weight excluding hydrogens is 222 g/mol. The average molecular weight is 243 g/mol. The molecule has 0 amide bonds. The zero-order valence-corrected chi connectivity index (χ0v) is 11.3. The minimum absolute atomic E-state index is 0.461. The lowest BCUT2D eigenvalue weighted by Crippen LogP contribution is -2.26. The van der Waals surface area contributed by atoms with Crippen LogP contribution in [0.5, 0.6) is 5.75 Å². The second kappa shape index (κ2) is 6.47. The Hall–Kier alpha value is -1.46. The third kappa shape index (κ3) is 3.05. The van der Waals surface area contributed by atoms with Gasteiger partial charge in [0.25, 0.3) is 0 Å². The fraction of sp³-hybridized carbons (Fsp3) is 0.500. The zero-order chi connectivity index (χ0) is 12.8. The van der Waals surface area contributed by atoms with Crippen molar-refractivity contribution in [2.24, 2.45) is 0 Å². The van der Waals surface area contributed by atoms with Crippen molar-refractivity contribution in [3.63, 3.8) is 0 Å². The van der Waals surface area contributed by atoms with Gasteiger partial charge in [-0.1, -0.05) is 6.07 Å². The third-order valence-corrected chi connectivity index (χ3v) is 3.48. The first-order valence-corrected chi connectivity index (χ1v) is 6.65. The smallest absolute Gasteiger partial charge is 0.119 e. The predicted octanol–water partition coefficient (Wildman–Crippen LogP) is 3.08. The number of hydrogen-bond acceptors (Lipinski definition) is 2. The molecule has 0 bridgehead atoms. The summed E-state index contributed by atoms with van der Waals surface area (Å²) in [6.45, 7) is 2.85. The van der Waals surface area contributed by atoms with Gasteiger partial charge in [-0.15, -0.1) is 11.8 Å². The Morgan fingerprint density at radius 2 is 2.33 bits per heavy atom. The third-order valence-electron chi connectivity index (χ3n) is 3.48. The lowest BCUT2D eigenvalue weighted by molar-refractivity contribution is 0.409. The van der Waals surface area contributed by atoms with Gasteiger partial charge in [0.1, 0.15) is 5.75 Å².